The van der Waals surface area contributed by atoms with Crippen molar-refractivity contribution in [1.82, 2.24) is 15.0 Å². The lowest BCUT2D eigenvalue weighted by Gasteiger charge is -2.34. The SMILES string of the molecule is Clc1ccccc1OC1CCCN(c2ncnc3[nH]ccc23)C1. The second-order valence-corrected chi connectivity index (χ2v) is 6.10. The van der Waals surface area contributed by atoms with Gasteiger partial charge >= 0.3 is 0 Å². The maximum atomic E-state index is 6.20. The number of piperidine rings is 1. The zero-order valence-electron chi connectivity index (χ0n) is 12.6. The van der Waals surface area contributed by atoms with E-state index in [0.717, 1.165) is 48.5 Å². The highest BCUT2D eigenvalue weighted by Crippen LogP contribution is 2.29. The molecule has 6 heteroatoms. The van der Waals surface area contributed by atoms with E-state index in [4.69, 9.17) is 16.3 Å². The summed E-state index contributed by atoms with van der Waals surface area (Å²) in [7, 11) is 0. The molecule has 118 valence electrons. The van der Waals surface area contributed by atoms with Crippen LogP contribution in [0.5, 0.6) is 5.75 Å². The van der Waals surface area contributed by atoms with Crippen molar-refractivity contribution in [3.63, 3.8) is 0 Å². The summed E-state index contributed by atoms with van der Waals surface area (Å²) in [6, 6.07) is 9.63. The van der Waals surface area contributed by atoms with Crippen LogP contribution in [0.4, 0.5) is 5.82 Å². The summed E-state index contributed by atoms with van der Waals surface area (Å²) in [5, 5.41) is 1.70. The van der Waals surface area contributed by atoms with Crippen molar-refractivity contribution in [2.75, 3.05) is 18.0 Å². The molecular weight excluding hydrogens is 312 g/mol. The van der Waals surface area contributed by atoms with Gasteiger partial charge in [0, 0.05) is 12.7 Å². The van der Waals surface area contributed by atoms with Crippen LogP contribution < -0.4 is 9.64 Å². The number of halogens is 1. The van der Waals surface area contributed by atoms with Crippen LogP contribution in [0.15, 0.2) is 42.9 Å². The van der Waals surface area contributed by atoms with E-state index in [1.807, 2.05) is 36.5 Å². The fraction of sp³-hybridized carbons (Fsp3) is 0.294. The van der Waals surface area contributed by atoms with Crippen molar-refractivity contribution in [3.05, 3.63) is 47.9 Å². The quantitative estimate of drug-likeness (QED) is 0.797. The molecule has 0 saturated carbocycles. The lowest BCUT2D eigenvalue weighted by Crippen LogP contribution is -2.41. The highest BCUT2D eigenvalue weighted by Gasteiger charge is 2.24. The molecule has 0 spiro atoms. The lowest BCUT2D eigenvalue weighted by atomic mass is 10.1. The second-order valence-electron chi connectivity index (χ2n) is 5.70. The predicted molar refractivity (Wildman–Crippen MR) is 91.2 cm³/mol. The number of aromatic nitrogens is 3. The van der Waals surface area contributed by atoms with Gasteiger partial charge in [-0.1, -0.05) is 23.7 Å². The van der Waals surface area contributed by atoms with E-state index in [9.17, 15) is 0 Å². The van der Waals surface area contributed by atoms with Crippen LogP contribution in [-0.4, -0.2) is 34.1 Å². The van der Waals surface area contributed by atoms with Crippen LogP contribution in [-0.2, 0) is 0 Å². The molecule has 3 aromatic rings. The minimum atomic E-state index is 0.104. The van der Waals surface area contributed by atoms with Crippen molar-refractivity contribution in [3.8, 4) is 5.75 Å². The van der Waals surface area contributed by atoms with Crippen LogP contribution in [0.3, 0.4) is 0 Å². The molecule has 1 fully saturated rings. The molecule has 1 aliphatic heterocycles. The van der Waals surface area contributed by atoms with Crippen LogP contribution in [0, 0.1) is 0 Å². The Labute approximate surface area is 139 Å². The van der Waals surface area contributed by atoms with Crippen molar-refractivity contribution in [2.45, 2.75) is 18.9 Å². The van der Waals surface area contributed by atoms with Crippen LogP contribution >= 0.6 is 11.6 Å². The first kappa shape index (κ1) is 14.3. The van der Waals surface area contributed by atoms with E-state index >= 15 is 0 Å². The third-order valence-electron chi connectivity index (χ3n) is 4.14. The average Bonchev–Trinajstić information content (AvgIpc) is 3.06. The Kier molecular flexibility index (Phi) is 3.79. The first-order valence-corrected chi connectivity index (χ1v) is 8.13. The van der Waals surface area contributed by atoms with Gasteiger partial charge in [-0.2, -0.15) is 0 Å². The van der Waals surface area contributed by atoms with Gasteiger partial charge in [-0.25, -0.2) is 9.97 Å². The minimum Gasteiger partial charge on any atom is -0.487 e. The van der Waals surface area contributed by atoms with Crippen LogP contribution in [0.2, 0.25) is 5.02 Å². The second kappa shape index (κ2) is 6.08. The molecule has 1 unspecified atom stereocenters. The van der Waals surface area contributed by atoms with Gasteiger partial charge in [0.2, 0.25) is 0 Å². The van der Waals surface area contributed by atoms with Crippen molar-refractivity contribution in [1.29, 1.82) is 0 Å². The molecule has 0 amide bonds. The molecule has 5 nitrogen and oxygen atoms in total. The van der Waals surface area contributed by atoms with E-state index in [1.165, 1.54) is 0 Å². The van der Waals surface area contributed by atoms with Gasteiger partial charge < -0.3 is 14.6 Å². The first-order valence-electron chi connectivity index (χ1n) is 7.75. The summed E-state index contributed by atoms with van der Waals surface area (Å²) < 4.78 is 6.11. The molecule has 1 atom stereocenters. The number of nitrogens with zero attached hydrogens (tertiary/aromatic N) is 3. The van der Waals surface area contributed by atoms with Gasteiger partial charge in [-0.15, -0.1) is 0 Å². The van der Waals surface area contributed by atoms with Gasteiger partial charge in [-0.3, -0.25) is 0 Å². The molecule has 1 N–H and O–H groups in total. The molecule has 1 saturated heterocycles. The maximum absolute atomic E-state index is 6.20. The molecule has 1 aliphatic rings. The van der Waals surface area contributed by atoms with Crippen molar-refractivity contribution < 1.29 is 4.74 Å². The number of para-hydroxylation sites is 1. The number of nitrogens with one attached hydrogen (secondary N) is 1. The monoisotopic (exact) mass is 328 g/mol. The zero-order valence-corrected chi connectivity index (χ0v) is 13.3. The zero-order chi connectivity index (χ0) is 15.6. The highest BCUT2D eigenvalue weighted by atomic mass is 35.5. The molecule has 4 rings (SSSR count). The number of hydrogen-bond acceptors (Lipinski definition) is 4. The van der Waals surface area contributed by atoms with Gasteiger partial charge in [-0.05, 0) is 31.0 Å². The predicted octanol–water partition coefficient (Wildman–Crippen LogP) is 3.66. The van der Waals surface area contributed by atoms with Gasteiger partial charge in [0.1, 0.15) is 29.6 Å². The Morgan fingerprint density at radius 3 is 3.04 bits per heavy atom. The fourth-order valence-electron chi connectivity index (χ4n) is 3.06. The Morgan fingerprint density at radius 2 is 2.13 bits per heavy atom. The lowest BCUT2D eigenvalue weighted by molar-refractivity contribution is 0.179. The van der Waals surface area contributed by atoms with E-state index in [2.05, 4.69) is 19.9 Å². The molecule has 0 bridgehead atoms. The summed E-state index contributed by atoms with van der Waals surface area (Å²) in [6.45, 7) is 1.77. The average molecular weight is 329 g/mol. The normalized spacial score (nSPS) is 18.3. The molecule has 0 aliphatic carbocycles. The third kappa shape index (κ3) is 2.84. The van der Waals surface area contributed by atoms with E-state index in [0.29, 0.717) is 5.02 Å². The Bertz CT molecular complexity index is 819. The van der Waals surface area contributed by atoms with Crippen molar-refractivity contribution in [2.24, 2.45) is 0 Å². The van der Waals surface area contributed by atoms with Gasteiger partial charge in [0.25, 0.3) is 0 Å². The summed E-state index contributed by atoms with van der Waals surface area (Å²) in [5.74, 6) is 1.71. The topological polar surface area (TPSA) is 54.0 Å². The summed E-state index contributed by atoms with van der Waals surface area (Å²) in [4.78, 5) is 14.1. The van der Waals surface area contributed by atoms with Crippen molar-refractivity contribution >= 4 is 28.5 Å². The largest absolute Gasteiger partial charge is 0.487 e. The number of ether oxygens (including phenoxy) is 1. The number of rotatable bonds is 3. The van der Waals surface area contributed by atoms with E-state index in [-0.39, 0.29) is 6.10 Å². The molecule has 1 aromatic carbocycles. The smallest absolute Gasteiger partial charge is 0.142 e. The minimum absolute atomic E-state index is 0.104. The number of hydrogen-bond donors (Lipinski definition) is 1. The Morgan fingerprint density at radius 1 is 1.22 bits per heavy atom. The van der Waals surface area contributed by atoms with Gasteiger partial charge in [0.05, 0.1) is 17.0 Å². The Balaban J connectivity index is 1.55. The third-order valence-corrected chi connectivity index (χ3v) is 4.45. The fourth-order valence-corrected chi connectivity index (χ4v) is 3.24. The standard InChI is InChI=1S/C17H17ClN4O/c18-14-5-1-2-6-15(14)23-12-4-3-9-22(10-12)17-13-7-8-19-16(13)20-11-21-17/h1-2,5-8,11-12H,3-4,9-10H2,(H,19,20,21). The first-order chi connectivity index (χ1) is 11.3. The number of H-pyrrole nitrogens is 1. The number of anilines is 1. The number of fused-ring (bicyclic) bond motifs is 1. The van der Waals surface area contributed by atoms with E-state index < -0.39 is 0 Å². The van der Waals surface area contributed by atoms with E-state index in [1.54, 1.807) is 6.33 Å². The number of aromatic amines is 1. The molecular formula is C17H17ClN4O. The molecule has 23 heavy (non-hydrogen) atoms. The summed E-state index contributed by atoms with van der Waals surface area (Å²) >= 11 is 6.20. The highest BCUT2D eigenvalue weighted by molar-refractivity contribution is 6.32. The molecule has 0 radical (unpaired) electrons. The summed E-state index contributed by atoms with van der Waals surface area (Å²) in [6.07, 6.45) is 5.68. The molecule has 3 heterocycles. The summed E-state index contributed by atoms with van der Waals surface area (Å²) in [5.41, 5.74) is 0.865. The van der Waals surface area contributed by atoms with Crippen LogP contribution in [0.25, 0.3) is 11.0 Å². The number of benzene rings is 1. The van der Waals surface area contributed by atoms with Crippen LogP contribution in [0.1, 0.15) is 12.8 Å². The maximum Gasteiger partial charge on any atom is 0.142 e. The Hall–Kier alpha value is -2.27. The molecule has 2 aromatic heterocycles. The van der Waals surface area contributed by atoms with Gasteiger partial charge in [0.15, 0.2) is 0 Å².